The van der Waals surface area contributed by atoms with Crippen molar-refractivity contribution in [3.63, 3.8) is 0 Å². The molecule has 2 atom stereocenters. The molecule has 0 bridgehead atoms. The smallest absolute Gasteiger partial charge is 0.180 e. The lowest BCUT2D eigenvalue weighted by atomic mass is 10.0. The van der Waals surface area contributed by atoms with E-state index >= 15 is 0 Å². The van der Waals surface area contributed by atoms with Crippen LogP contribution in [0.3, 0.4) is 0 Å². The van der Waals surface area contributed by atoms with Crippen LogP contribution in [0, 0.1) is 0 Å². The Morgan fingerprint density at radius 1 is 0.316 bits per heavy atom. The van der Waals surface area contributed by atoms with E-state index in [-0.39, 0.29) is 39.9 Å². The van der Waals surface area contributed by atoms with Crippen molar-refractivity contribution in [3.8, 4) is 0 Å². The Labute approximate surface area is 352 Å². The summed E-state index contributed by atoms with van der Waals surface area (Å²) in [6, 6.07) is 0. The number of aliphatic hydroxyl groups excluding tert-OH is 6. The highest BCUT2D eigenvalue weighted by molar-refractivity contribution is 7.79. The van der Waals surface area contributed by atoms with E-state index in [0.717, 1.165) is 39.0 Å². The highest BCUT2D eigenvalue weighted by atomic mass is 32.3. The molecule has 0 heterocycles. The molecule has 57 heavy (non-hydrogen) atoms. The van der Waals surface area contributed by atoms with Crippen molar-refractivity contribution in [2.75, 3.05) is 79.2 Å². The van der Waals surface area contributed by atoms with Crippen LogP contribution in [0.2, 0.25) is 0 Å². The molecule has 0 rings (SSSR count). The molecule has 0 fully saturated rings. The van der Waals surface area contributed by atoms with Crippen LogP contribution in [0.5, 0.6) is 0 Å². The highest BCUT2D eigenvalue weighted by Crippen LogP contribution is 2.17. The van der Waals surface area contributed by atoms with Crippen LogP contribution in [0.4, 0.5) is 0 Å². The Bertz CT molecular complexity index is 812. The van der Waals surface area contributed by atoms with Gasteiger partial charge in [-0.2, -0.15) is 0 Å². The molecule has 12 nitrogen and oxygen atoms in total. The van der Waals surface area contributed by atoms with E-state index in [2.05, 4.69) is 13.8 Å². The molecule has 0 spiro atoms. The number of nitrogens with zero attached hydrogens (tertiary/aromatic N) is 2. The molecule has 348 valence electrons. The van der Waals surface area contributed by atoms with Gasteiger partial charge in [0.05, 0.1) is 39.4 Å². The Morgan fingerprint density at radius 2 is 0.509 bits per heavy atom. The Kier molecular flexibility index (Phi) is 49.8. The van der Waals surface area contributed by atoms with Crippen LogP contribution in [-0.4, -0.2) is 136 Å². The van der Waals surface area contributed by atoms with E-state index in [0.29, 0.717) is 34.9 Å². The molecule has 2 unspecified atom stereocenters. The lowest BCUT2D eigenvalue weighted by Gasteiger charge is -2.36. The highest BCUT2D eigenvalue weighted by Gasteiger charge is 2.25. The summed E-state index contributed by atoms with van der Waals surface area (Å²) >= 11 is 0. The van der Waals surface area contributed by atoms with Crippen LogP contribution in [0.15, 0.2) is 0 Å². The largest absolute Gasteiger partial charge is 0.759 e. The minimum absolute atomic E-state index is 0.0685. The van der Waals surface area contributed by atoms with Crippen molar-refractivity contribution in [1.82, 2.24) is 0 Å². The first kappa shape index (κ1) is 60.9. The normalized spacial score (nSPS) is 13.6. The van der Waals surface area contributed by atoms with E-state index in [1.807, 2.05) is 0 Å². The minimum Gasteiger partial charge on any atom is -0.759 e. The van der Waals surface area contributed by atoms with Gasteiger partial charge >= 0.3 is 0 Å². The molecule has 0 saturated carbocycles. The predicted octanol–water partition coefficient (Wildman–Crippen LogP) is 7.88. The third-order valence-corrected chi connectivity index (χ3v) is 11.3. The van der Waals surface area contributed by atoms with Gasteiger partial charge in [-0.05, 0) is 25.7 Å². The first-order chi connectivity index (χ1) is 27.5. The maximum absolute atomic E-state index is 9.72. The summed E-state index contributed by atoms with van der Waals surface area (Å²) in [6.07, 6.45) is 39.2. The van der Waals surface area contributed by atoms with Gasteiger partial charge in [0.1, 0.15) is 13.1 Å². The number of rotatable bonds is 42. The molecular weight excluding hydrogens is 749 g/mol. The summed E-state index contributed by atoms with van der Waals surface area (Å²) in [5.74, 6) is 0. The average Bonchev–Trinajstić information content (AvgIpc) is 3.18. The summed E-state index contributed by atoms with van der Waals surface area (Å²) < 4.78 is 35.2. The van der Waals surface area contributed by atoms with Crippen LogP contribution in [-0.2, 0) is 10.4 Å². The SMILES string of the molecule is CCCCCCCCCCCCCCCC[N+](CO)(CCO)CCCO.CCCCCCCCCCCCCCCC[N+](CO)(CCO)CCCO.O=S(=O)([O-])[O-]. The third-order valence-electron chi connectivity index (χ3n) is 11.3. The molecule has 0 aromatic carbocycles. The van der Waals surface area contributed by atoms with Crippen LogP contribution >= 0.6 is 0 Å². The van der Waals surface area contributed by atoms with Crippen molar-refractivity contribution in [3.05, 3.63) is 0 Å². The molecule has 0 saturated heterocycles. The Morgan fingerprint density at radius 3 is 0.684 bits per heavy atom. The second-order valence-corrected chi connectivity index (χ2v) is 17.3. The molecular formula is C44H96N2O10S. The van der Waals surface area contributed by atoms with Crippen molar-refractivity contribution < 1.29 is 57.1 Å². The first-order valence-corrected chi connectivity index (χ1v) is 24.8. The van der Waals surface area contributed by atoms with Gasteiger partial charge < -0.3 is 39.7 Å². The summed E-state index contributed by atoms with van der Waals surface area (Å²) in [7, 11) is -5.17. The van der Waals surface area contributed by atoms with Crippen LogP contribution in [0.25, 0.3) is 0 Å². The first-order valence-electron chi connectivity index (χ1n) is 23.5. The zero-order valence-corrected chi connectivity index (χ0v) is 38.1. The van der Waals surface area contributed by atoms with E-state index in [1.54, 1.807) is 0 Å². The van der Waals surface area contributed by atoms with E-state index in [9.17, 15) is 20.4 Å². The lowest BCUT2D eigenvalue weighted by molar-refractivity contribution is -0.945. The minimum atomic E-state index is -5.17. The molecule has 0 radical (unpaired) electrons. The monoisotopic (exact) mass is 845 g/mol. The van der Waals surface area contributed by atoms with Crippen LogP contribution < -0.4 is 0 Å². The van der Waals surface area contributed by atoms with Crippen molar-refractivity contribution in [2.45, 2.75) is 206 Å². The molecule has 0 aromatic rings. The van der Waals surface area contributed by atoms with E-state index in [4.69, 9.17) is 27.7 Å². The van der Waals surface area contributed by atoms with Gasteiger partial charge in [0.2, 0.25) is 0 Å². The molecule has 0 aliphatic carbocycles. The van der Waals surface area contributed by atoms with Gasteiger partial charge in [0.15, 0.2) is 13.5 Å². The molecule has 0 aliphatic rings. The zero-order valence-electron chi connectivity index (χ0n) is 37.3. The fraction of sp³-hybridized carbons (Fsp3) is 1.00. The number of quaternary nitrogens is 2. The second-order valence-electron chi connectivity index (χ2n) is 16.5. The average molecular weight is 845 g/mol. The van der Waals surface area contributed by atoms with Crippen LogP contribution in [0.1, 0.15) is 206 Å². The summed E-state index contributed by atoms with van der Waals surface area (Å²) in [5, 5.41) is 56.0. The van der Waals surface area contributed by atoms with Gasteiger partial charge in [-0.25, -0.2) is 0 Å². The molecule has 0 aliphatic heterocycles. The maximum atomic E-state index is 9.72. The number of hydrogen-bond donors (Lipinski definition) is 6. The van der Waals surface area contributed by atoms with E-state index < -0.39 is 10.4 Å². The molecule has 0 aromatic heterocycles. The zero-order chi connectivity index (χ0) is 43.2. The predicted molar refractivity (Wildman–Crippen MR) is 233 cm³/mol. The van der Waals surface area contributed by atoms with Crippen molar-refractivity contribution in [1.29, 1.82) is 0 Å². The quantitative estimate of drug-likeness (QED) is 0.0115. The number of hydrogen-bond acceptors (Lipinski definition) is 10. The lowest BCUT2D eigenvalue weighted by Crippen LogP contribution is -2.52. The van der Waals surface area contributed by atoms with E-state index in [1.165, 1.54) is 167 Å². The molecule has 0 amide bonds. The van der Waals surface area contributed by atoms with Crippen molar-refractivity contribution in [2.24, 2.45) is 0 Å². The standard InChI is InChI=1S/2C22H48NO3.H2O4S/c2*1-2-3-4-5-6-7-8-9-10-11-12-13-14-15-17-23(22-26,19-21-25)18-16-20-24;1-5(2,3)4/h2*24-26H,2-22H2,1H3;(H2,1,2,3,4)/q2*+1;/p-2. The van der Waals surface area contributed by atoms with Gasteiger partial charge in [0, 0.05) is 36.5 Å². The second kappa shape index (κ2) is 46.6. The van der Waals surface area contributed by atoms with Gasteiger partial charge in [0.25, 0.3) is 0 Å². The van der Waals surface area contributed by atoms with Gasteiger partial charge in [-0.15, -0.1) is 0 Å². The summed E-state index contributed by atoms with van der Waals surface area (Å²) in [5.41, 5.74) is 0. The summed E-state index contributed by atoms with van der Waals surface area (Å²) in [6.45, 7) is 9.72. The number of aliphatic hydroxyl groups is 6. The fourth-order valence-corrected chi connectivity index (χ4v) is 7.62. The topological polar surface area (TPSA) is 202 Å². The Balaban J connectivity index is -0.000000913. The Hall–Kier alpha value is -0.450. The fourth-order valence-electron chi connectivity index (χ4n) is 7.62. The van der Waals surface area contributed by atoms with Gasteiger partial charge in [-0.1, -0.05) is 168 Å². The number of unbranched alkanes of at least 4 members (excludes halogenated alkanes) is 26. The maximum Gasteiger partial charge on any atom is 0.180 e. The van der Waals surface area contributed by atoms with Gasteiger partial charge in [-0.3, -0.25) is 17.4 Å². The summed E-state index contributed by atoms with van der Waals surface area (Å²) in [4.78, 5) is 0. The van der Waals surface area contributed by atoms with Crippen molar-refractivity contribution >= 4 is 10.4 Å². The molecule has 6 N–H and O–H groups in total. The molecule has 13 heteroatoms. The third kappa shape index (κ3) is 48.1.